The van der Waals surface area contributed by atoms with Gasteiger partial charge in [0, 0.05) is 20.3 Å². The first-order chi connectivity index (χ1) is 12.0. The predicted octanol–water partition coefficient (Wildman–Crippen LogP) is 2.95. The lowest BCUT2D eigenvalue weighted by molar-refractivity contribution is 0.355. The Morgan fingerprint density at radius 1 is 0.960 bits per heavy atom. The molecule has 1 heterocycles. The lowest BCUT2D eigenvalue weighted by Gasteiger charge is -2.07. The van der Waals surface area contributed by atoms with Crippen LogP contribution in [0.3, 0.4) is 0 Å². The third kappa shape index (κ3) is 2.91. The summed E-state index contributed by atoms with van der Waals surface area (Å²) in [5.74, 6) is 1.33. The van der Waals surface area contributed by atoms with Gasteiger partial charge in [0.25, 0.3) is 0 Å². The minimum atomic E-state index is -0.0459. The highest BCUT2D eigenvalue weighted by molar-refractivity contribution is 5.86. The number of imidazole rings is 1. The number of aromatic nitrogens is 2. The highest BCUT2D eigenvalue weighted by Crippen LogP contribution is 2.28. The number of fused-ring (bicyclic) bond motifs is 1. The Kier molecular flexibility index (Phi) is 4.35. The first kappa shape index (κ1) is 16.8. The summed E-state index contributed by atoms with van der Waals surface area (Å²) in [6.45, 7) is 1.98. The largest absolute Gasteiger partial charge is 0.493 e. The second kappa shape index (κ2) is 6.47. The van der Waals surface area contributed by atoms with Gasteiger partial charge in [-0.25, -0.2) is 4.79 Å². The van der Waals surface area contributed by atoms with Gasteiger partial charge < -0.3 is 9.47 Å². The van der Waals surface area contributed by atoms with E-state index in [0.29, 0.717) is 11.5 Å². The minimum absolute atomic E-state index is 0.0459. The molecule has 0 atom stereocenters. The smallest absolute Gasteiger partial charge is 0.328 e. The van der Waals surface area contributed by atoms with Gasteiger partial charge >= 0.3 is 5.69 Å². The summed E-state index contributed by atoms with van der Waals surface area (Å²) in [4.78, 5) is 16.7. The molecule has 3 aromatic rings. The Labute approximate surface area is 145 Å². The van der Waals surface area contributed by atoms with E-state index < -0.39 is 0 Å². The van der Waals surface area contributed by atoms with Crippen molar-refractivity contribution >= 4 is 22.9 Å². The second-order valence-electron chi connectivity index (χ2n) is 5.90. The summed E-state index contributed by atoms with van der Waals surface area (Å²) >= 11 is 0. The van der Waals surface area contributed by atoms with Crippen molar-refractivity contribution in [2.45, 2.75) is 6.92 Å². The van der Waals surface area contributed by atoms with Crippen LogP contribution in [0.15, 0.2) is 40.1 Å². The summed E-state index contributed by atoms with van der Waals surface area (Å²) in [7, 11) is 6.75. The zero-order chi connectivity index (χ0) is 18.1. The van der Waals surface area contributed by atoms with E-state index in [2.05, 4.69) is 4.99 Å². The van der Waals surface area contributed by atoms with Crippen LogP contribution in [0.1, 0.15) is 11.1 Å². The minimum Gasteiger partial charge on any atom is -0.493 e. The van der Waals surface area contributed by atoms with Crippen LogP contribution in [0.4, 0.5) is 5.69 Å². The number of aryl methyl sites for hydroxylation is 3. The molecule has 0 saturated carbocycles. The van der Waals surface area contributed by atoms with Gasteiger partial charge in [-0.3, -0.25) is 14.1 Å². The molecular formula is C19H21N3O3. The Bertz CT molecular complexity index is 1030. The molecule has 0 amide bonds. The summed E-state index contributed by atoms with van der Waals surface area (Å²) in [6.07, 6.45) is 1.77. The number of rotatable bonds is 4. The molecule has 3 rings (SSSR count). The average Bonchev–Trinajstić information content (AvgIpc) is 2.83. The molecule has 0 radical (unpaired) electrons. The summed E-state index contributed by atoms with van der Waals surface area (Å²) in [6, 6.07) is 9.55. The van der Waals surface area contributed by atoms with Crippen LogP contribution in [0, 0.1) is 6.92 Å². The average molecular weight is 339 g/mol. The molecule has 2 aromatic carbocycles. The van der Waals surface area contributed by atoms with Crippen LogP contribution in [0.5, 0.6) is 11.5 Å². The number of methoxy groups -OCH3 is 2. The molecular weight excluding hydrogens is 318 g/mol. The van der Waals surface area contributed by atoms with Crippen molar-refractivity contribution in [3.05, 3.63) is 51.9 Å². The molecule has 0 aliphatic carbocycles. The maximum absolute atomic E-state index is 12.1. The normalized spacial score (nSPS) is 11.4. The third-order valence-electron chi connectivity index (χ3n) is 4.35. The van der Waals surface area contributed by atoms with Crippen molar-refractivity contribution < 1.29 is 9.47 Å². The van der Waals surface area contributed by atoms with E-state index in [1.54, 1.807) is 43.7 Å². The maximum Gasteiger partial charge on any atom is 0.328 e. The van der Waals surface area contributed by atoms with Crippen LogP contribution < -0.4 is 15.2 Å². The predicted molar refractivity (Wildman–Crippen MR) is 99.7 cm³/mol. The zero-order valence-corrected chi connectivity index (χ0v) is 15.0. The third-order valence-corrected chi connectivity index (χ3v) is 4.35. The van der Waals surface area contributed by atoms with Crippen molar-refractivity contribution in [2.75, 3.05) is 14.2 Å². The number of ether oxygens (including phenoxy) is 2. The van der Waals surface area contributed by atoms with Gasteiger partial charge in [-0.1, -0.05) is 0 Å². The lowest BCUT2D eigenvalue weighted by Crippen LogP contribution is -2.19. The fraction of sp³-hybridized carbons (Fsp3) is 0.263. The van der Waals surface area contributed by atoms with E-state index in [0.717, 1.165) is 27.8 Å². The Morgan fingerprint density at radius 2 is 1.60 bits per heavy atom. The molecule has 0 spiro atoms. The highest BCUT2D eigenvalue weighted by atomic mass is 16.5. The fourth-order valence-electron chi connectivity index (χ4n) is 2.85. The van der Waals surface area contributed by atoms with Crippen LogP contribution in [-0.2, 0) is 14.1 Å². The summed E-state index contributed by atoms with van der Waals surface area (Å²) in [5.41, 5.74) is 4.44. The quantitative estimate of drug-likeness (QED) is 0.687. The molecule has 0 fully saturated rings. The SMILES string of the molecule is COc1ccc(C=Nc2cc3c(cc2C)n(C)c(=O)n3C)cc1OC. The van der Waals surface area contributed by atoms with Crippen molar-refractivity contribution in [3.63, 3.8) is 0 Å². The van der Waals surface area contributed by atoms with Crippen molar-refractivity contribution in [1.82, 2.24) is 9.13 Å². The molecule has 130 valence electrons. The van der Waals surface area contributed by atoms with Gasteiger partial charge in [-0.05, 0) is 48.4 Å². The van der Waals surface area contributed by atoms with E-state index in [1.807, 2.05) is 37.3 Å². The Hall–Kier alpha value is -3.02. The number of hydrogen-bond acceptors (Lipinski definition) is 4. The molecule has 0 aliphatic heterocycles. The summed E-state index contributed by atoms with van der Waals surface area (Å²) in [5, 5.41) is 0. The van der Waals surface area contributed by atoms with Crippen LogP contribution in [-0.4, -0.2) is 29.6 Å². The van der Waals surface area contributed by atoms with Gasteiger partial charge in [-0.15, -0.1) is 0 Å². The monoisotopic (exact) mass is 339 g/mol. The highest BCUT2D eigenvalue weighted by Gasteiger charge is 2.10. The maximum atomic E-state index is 12.1. The van der Waals surface area contributed by atoms with Crippen LogP contribution in [0.25, 0.3) is 11.0 Å². The zero-order valence-electron chi connectivity index (χ0n) is 15.0. The number of nitrogens with zero attached hydrogens (tertiary/aromatic N) is 3. The van der Waals surface area contributed by atoms with Gasteiger partial charge in [0.05, 0.1) is 30.9 Å². The molecule has 6 heteroatoms. The Balaban J connectivity index is 2.03. The van der Waals surface area contributed by atoms with E-state index in [1.165, 1.54) is 0 Å². The number of benzene rings is 2. The fourth-order valence-corrected chi connectivity index (χ4v) is 2.85. The van der Waals surface area contributed by atoms with Crippen molar-refractivity contribution in [2.24, 2.45) is 19.1 Å². The Morgan fingerprint density at radius 3 is 2.24 bits per heavy atom. The molecule has 25 heavy (non-hydrogen) atoms. The van der Waals surface area contributed by atoms with E-state index >= 15 is 0 Å². The summed E-state index contributed by atoms with van der Waals surface area (Å²) < 4.78 is 13.8. The standard InChI is InChI=1S/C19H21N3O3/c1-12-8-15-16(22(3)19(23)21(15)2)10-14(12)20-11-13-6-7-17(24-4)18(9-13)25-5/h6-11H,1-5H3. The van der Waals surface area contributed by atoms with E-state index in [4.69, 9.17) is 9.47 Å². The van der Waals surface area contributed by atoms with Gasteiger partial charge in [-0.2, -0.15) is 0 Å². The first-order valence-corrected chi connectivity index (χ1v) is 7.88. The van der Waals surface area contributed by atoms with Crippen molar-refractivity contribution in [3.8, 4) is 11.5 Å². The van der Waals surface area contributed by atoms with Crippen molar-refractivity contribution in [1.29, 1.82) is 0 Å². The number of hydrogen-bond donors (Lipinski definition) is 0. The van der Waals surface area contributed by atoms with Gasteiger partial charge in [0.1, 0.15) is 0 Å². The second-order valence-corrected chi connectivity index (χ2v) is 5.90. The molecule has 0 N–H and O–H groups in total. The molecule has 0 bridgehead atoms. The molecule has 0 unspecified atom stereocenters. The van der Waals surface area contributed by atoms with Crippen LogP contribution in [0.2, 0.25) is 0 Å². The van der Waals surface area contributed by atoms with Crippen LogP contribution >= 0.6 is 0 Å². The molecule has 0 saturated heterocycles. The molecule has 6 nitrogen and oxygen atoms in total. The molecule has 0 aliphatic rings. The number of aliphatic imine (C=N–C) groups is 1. The van der Waals surface area contributed by atoms with E-state index in [-0.39, 0.29) is 5.69 Å². The van der Waals surface area contributed by atoms with Gasteiger partial charge in [0.15, 0.2) is 11.5 Å². The topological polar surface area (TPSA) is 57.8 Å². The lowest BCUT2D eigenvalue weighted by atomic mass is 10.1. The molecule has 1 aromatic heterocycles. The van der Waals surface area contributed by atoms with Gasteiger partial charge in [0.2, 0.25) is 0 Å². The first-order valence-electron chi connectivity index (χ1n) is 7.88. The van der Waals surface area contributed by atoms with E-state index in [9.17, 15) is 4.79 Å².